The highest BCUT2D eigenvalue weighted by Crippen LogP contribution is 2.36. The maximum absolute atomic E-state index is 13.0. The molecule has 10 nitrogen and oxygen atoms in total. The highest BCUT2D eigenvalue weighted by molar-refractivity contribution is 6.05. The largest absolute Gasteiger partial charge is 0.502 e. The molecule has 4 rings (SSSR count). The minimum Gasteiger partial charge on any atom is -0.502 e. The summed E-state index contributed by atoms with van der Waals surface area (Å²) in [6.07, 6.45) is 2.85. The van der Waals surface area contributed by atoms with Crippen LogP contribution in [0.5, 0.6) is 28.7 Å². The highest BCUT2D eigenvalue weighted by Gasteiger charge is 2.17. The predicted octanol–water partition coefficient (Wildman–Crippen LogP) is 3.06. The lowest BCUT2D eigenvalue weighted by atomic mass is 10.1. The van der Waals surface area contributed by atoms with Gasteiger partial charge in [-0.3, -0.25) is 9.59 Å². The van der Waals surface area contributed by atoms with E-state index in [1.165, 1.54) is 38.6 Å². The van der Waals surface area contributed by atoms with Gasteiger partial charge in [0.05, 0.1) is 20.4 Å². The number of hydrogen-bond acceptors (Lipinski definition) is 8. The van der Waals surface area contributed by atoms with Crippen LogP contribution in [0.1, 0.15) is 21.5 Å². The van der Waals surface area contributed by atoms with Crippen LogP contribution in [0.2, 0.25) is 0 Å². The lowest BCUT2D eigenvalue weighted by Crippen LogP contribution is -2.32. The molecule has 0 saturated heterocycles. The second kappa shape index (κ2) is 11.0. The Kier molecular flexibility index (Phi) is 7.35. The van der Waals surface area contributed by atoms with E-state index in [9.17, 15) is 14.7 Å². The van der Waals surface area contributed by atoms with E-state index in [-0.39, 0.29) is 29.7 Å². The number of hydrogen-bond donors (Lipinski definition) is 3. The number of amides is 2. The number of methoxy groups -OCH3 is 2. The van der Waals surface area contributed by atoms with Crippen LogP contribution in [0, 0.1) is 0 Å². The third kappa shape index (κ3) is 5.55. The number of hydrazone groups is 1. The zero-order valence-electron chi connectivity index (χ0n) is 19.5. The number of ether oxygens (including phenoxy) is 4. The maximum atomic E-state index is 13.0. The van der Waals surface area contributed by atoms with E-state index < -0.39 is 11.8 Å². The Labute approximate surface area is 206 Å². The average molecular weight is 489 g/mol. The molecule has 1 heterocycles. The summed E-state index contributed by atoms with van der Waals surface area (Å²) in [5.41, 5.74) is 3.84. The lowest BCUT2D eigenvalue weighted by Gasteiger charge is -2.10. The van der Waals surface area contributed by atoms with Crippen molar-refractivity contribution in [2.24, 2.45) is 5.10 Å². The fourth-order valence-corrected chi connectivity index (χ4v) is 3.33. The first-order chi connectivity index (χ1) is 17.5. The summed E-state index contributed by atoms with van der Waals surface area (Å²) >= 11 is 0. The van der Waals surface area contributed by atoms with Gasteiger partial charge in [0.25, 0.3) is 11.8 Å². The Hall–Kier alpha value is -4.99. The van der Waals surface area contributed by atoms with Gasteiger partial charge in [-0.15, -0.1) is 0 Å². The molecule has 10 heteroatoms. The van der Waals surface area contributed by atoms with Crippen molar-refractivity contribution in [3.63, 3.8) is 0 Å². The van der Waals surface area contributed by atoms with Crippen molar-refractivity contribution in [2.75, 3.05) is 21.0 Å². The minimum atomic E-state index is -0.661. The molecule has 184 valence electrons. The van der Waals surface area contributed by atoms with Crippen LogP contribution < -0.4 is 29.7 Å². The van der Waals surface area contributed by atoms with E-state index in [1.807, 2.05) is 0 Å². The average Bonchev–Trinajstić information content (AvgIpc) is 3.37. The molecule has 0 radical (unpaired) electrons. The molecule has 1 aliphatic heterocycles. The first-order valence-electron chi connectivity index (χ1n) is 10.7. The molecule has 0 bridgehead atoms. The lowest BCUT2D eigenvalue weighted by molar-refractivity contribution is -0.117. The minimum absolute atomic E-state index is 0.0410. The number of carbonyl (C=O) groups excluding carboxylic acids is 2. The number of nitrogens with zero attached hydrogens (tertiary/aromatic N) is 1. The molecular formula is C26H23N3O7. The molecule has 0 unspecified atom stereocenters. The standard InChI is InChI=1S/C26H23N3O7/c1-33-22-12-17(13-23(34-2)24(22)30)14-27-29-26(32)19(28-25(31)18-6-4-3-5-7-18)10-16-8-9-20-21(11-16)36-15-35-20/h3-14,30H,15H2,1-2H3,(H,28,31)(H,29,32)/b19-10+,27-14+. The van der Waals surface area contributed by atoms with E-state index in [0.29, 0.717) is 28.2 Å². The molecule has 3 aromatic carbocycles. The summed E-state index contributed by atoms with van der Waals surface area (Å²) in [6.45, 7) is 0.113. The van der Waals surface area contributed by atoms with Crippen LogP contribution in [-0.4, -0.2) is 44.1 Å². The zero-order valence-corrected chi connectivity index (χ0v) is 19.5. The summed E-state index contributed by atoms with van der Waals surface area (Å²) in [5, 5.41) is 16.6. The summed E-state index contributed by atoms with van der Waals surface area (Å²) in [5.74, 6) is 0.211. The number of aromatic hydroxyl groups is 1. The third-order valence-electron chi connectivity index (χ3n) is 5.12. The smallest absolute Gasteiger partial charge is 0.287 e. The maximum Gasteiger partial charge on any atom is 0.287 e. The molecule has 0 aromatic heterocycles. The molecule has 3 aromatic rings. The molecule has 3 N–H and O–H groups in total. The molecule has 0 aliphatic carbocycles. The molecule has 36 heavy (non-hydrogen) atoms. The van der Waals surface area contributed by atoms with Gasteiger partial charge in [-0.05, 0) is 48.0 Å². The monoisotopic (exact) mass is 489 g/mol. The number of phenols is 1. The van der Waals surface area contributed by atoms with Crippen molar-refractivity contribution in [3.8, 4) is 28.7 Å². The summed E-state index contributed by atoms with van der Waals surface area (Å²) < 4.78 is 21.0. The third-order valence-corrected chi connectivity index (χ3v) is 5.12. The SMILES string of the molecule is COc1cc(/C=N/NC(=O)/C(=C\c2ccc3c(c2)OCO3)NC(=O)c2ccccc2)cc(OC)c1O. The first-order valence-corrected chi connectivity index (χ1v) is 10.7. The van der Waals surface area contributed by atoms with Crippen LogP contribution in [0.3, 0.4) is 0 Å². The Morgan fingerprint density at radius 3 is 2.33 bits per heavy atom. The fraction of sp³-hybridized carbons (Fsp3) is 0.115. The van der Waals surface area contributed by atoms with Crippen molar-refractivity contribution in [1.82, 2.24) is 10.7 Å². The number of rotatable bonds is 8. The summed E-state index contributed by atoms with van der Waals surface area (Å²) in [7, 11) is 2.81. The number of carbonyl (C=O) groups is 2. The van der Waals surface area contributed by atoms with E-state index in [0.717, 1.165) is 0 Å². The van der Waals surface area contributed by atoms with Gasteiger partial charge < -0.3 is 29.4 Å². The number of phenolic OH excluding ortho intramolecular Hbond substituents is 1. The summed E-state index contributed by atoms with van der Waals surface area (Å²) in [4.78, 5) is 25.7. The van der Waals surface area contributed by atoms with Crippen LogP contribution >= 0.6 is 0 Å². The van der Waals surface area contributed by atoms with Crippen molar-refractivity contribution >= 4 is 24.1 Å². The molecular weight excluding hydrogens is 466 g/mol. The molecule has 0 saturated carbocycles. The fourth-order valence-electron chi connectivity index (χ4n) is 3.33. The predicted molar refractivity (Wildman–Crippen MR) is 131 cm³/mol. The molecule has 0 atom stereocenters. The second-order valence-corrected chi connectivity index (χ2v) is 7.46. The van der Waals surface area contributed by atoms with Crippen molar-refractivity contribution in [2.45, 2.75) is 0 Å². The van der Waals surface area contributed by atoms with Gasteiger partial charge in [0.15, 0.2) is 23.0 Å². The van der Waals surface area contributed by atoms with Crippen molar-refractivity contribution < 1.29 is 33.6 Å². The number of nitrogens with one attached hydrogen (secondary N) is 2. The van der Waals surface area contributed by atoms with Crippen LogP contribution in [-0.2, 0) is 4.79 Å². The number of fused-ring (bicyclic) bond motifs is 1. The van der Waals surface area contributed by atoms with Gasteiger partial charge >= 0.3 is 0 Å². The first kappa shape index (κ1) is 24.1. The second-order valence-electron chi connectivity index (χ2n) is 7.46. The van der Waals surface area contributed by atoms with Gasteiger partial charge in [-0.25, -0.2) is 5.43 Å². The Balaban J connectivity index is 1.57. The normalized spacial score (nSPS) is 12.3. The van der Waals surface area contributed by atoms with Gasteiger partial charge in [0.2, 0.25) is 12.5 Å². The van der Waals surface area contributed by atoms with Gasteiger partial charge in [-0.2, -0.15) is 5.10 Å². The summed E-state index contributed by atoms with van der Waals surface area (Å²) in [6, 6.07) is 16.7. The number of benzene rings is 3. The zero-order chi connectivity index (χ0) is 25.5. The van der Waals surface area contributed by atoms with Gasteiger partial charge in [0.1, 0.15) is 5.70 Å². The topological polar surface area (TPSA) is 128 Å². The van der Waals surface area contributed by atoms with Crippen LogP contribution in [0.15, 0.2) is 71.5 Å². The van der Waals surface area contributed by atoms with E-state index in [2.05, 4.69) is 15.8 Å². The Morgan fingerprint density at radius 1 is 0.944 bits per heavy atom. The van der Waals surface area contributed by atoms with Gasteiger partial charge in [0, 0.05) is 11.1 Å². The highest BCUT2D eigenvalue weighted by atomic mass is 16.7. The molecule has 0 fully saturated rings. The van der Waals surface area contributed by atoms with Crippen molar-refractivity contribution in [1.29, 1.82) is 0 Å². The molecule has 1 aliphatic rings. The van der Waals surface area contributed by atoms with E-state index >= 15 is 0 Å². The Bertz CT molecular complexity index is 1310. The van der Waals surface area contributed by atoms with Gasteiger partial charge in [-0.1, -0.05) is 24.3 Å². The van der Waals surface area contributed by atoms with Crippen LogP contribution in [0.25, 0.3) is 6.08 Å². The van der Waals surface area contributed by atoms with Crippen LogP contribution in [0.4, 0.5) is 0 Å². The molecule has 2 amide bonds. The molecule has 0 spiro atoms. The van der Waals surface area contributed by atoms with E-state index in [1.54, 1.807) is 48.5 Å². The quantitative estimate of drug-likeness (QED) is 0.252. The Morgan fingerprint density at radius 2 is 1.64 bits per heavy atom. The van der Waals surface area contributed by atoms with E-state index in [4.69, 9.17) is 18.9 Å². The van der Waals surface area contributed by atoms with Crippen molar-refractivity contribution in [3.05, 3.63) is 83.1 Å².